The van der Waals surface area contributed by atoms with Gasteiger partial charge in [-0.15, -0.1) is 13.2 Å². The molecule has 0 aliphatic heterocycles. The quantitative estimate of drug-likeness (QED) is 0.499. The molecule has 1 rings (SSSR count). The molecular formula is C7HF3I2N2O. The van der Waals surface area contributed by atoms with Crippen molar-refractivity contribution in [2.45, 2.75) is 6.36 Å². The molecule has 0 N–H and O–H groups in total. The van der Waals surface area contributed by atoms with E-state index >= 15 is 0 Å². The van der Waals surface area contributed by atoms with Crippen molar-refractivity contribution >= 4 is 45.2 Å². The Bertz CT molecular complexity index is 427. The predicted octanol–water partition coefficient (Wildman–Crippen LogP) is 3.06. The number of ether oxygens (including phenoxy) is 1. The lowest BCUT2D eigenvalue weighted by Gasteiger charge is -2.10. The molecule has 0 aliphatic rings. The van der Waals surface area contributed by atoms with Gasteiger partial charge in [0.15, 0.2) is 5.75 Å². The summed E-state index contributed by atoms with van der Waals surface area (Å²) in [5, 5.41) is 8.69. The van der Waals surface area contributed by atoms with Crippen molar-refractivity contribution in [2.24, 2.45) is 0 Å². The number of hydrogen-bond acceptors (Lipinski definition) is 3. The van der Waals surface area contributed by atoms with Crippen molar-refractivity contribution in [3.8, 4) is 11.8 Å². The van der Waals surface area contributed by atoms with Gasteiger partial charge in [-0.2, -0.15) is 5.26 Å². The van der Waals surface area contributed by atoms with Crippen molar-refractivity contribution in [1.29, 1.82) is 5.26 Å². The molecule has 1 aromatic rings. The minimum Gasteiger partial charge on any atom is -0.403 e. The Morgan fingerprint density at radius 2 is 2.00 bits per heavy atom. The minimum absolute atomic E-state index is 0.160. The summed E-state index contributed by atoms with van der Waals surface area (Å²) in [6.07, 6.45) is -3.93. The Morgan fingerprint density at radius 1 is 1.40 bits per heavy atom. The number of pyridine rings is 1. The Morgan fingerprint density at radius 3 is 2.47 bits per heavy atom. The van der Waals surface area contributed by atoms with Crippen LogP contribution in [0.5, 0.6) is 5.75 Å². The largest absolute Gasteiger partial charge is 0.573 e. The van der Waals surface area contributed by atoms with E-state index in [1.165, 1.54) is 0 Å². The second-order valence-electron chi connectivity index (χ2n) is 2.26. The Labute approximate surface area is 110 Å². The van der Waals surface area contributed by atoms with Crippen molar-refractivity contribution in [3.05, 3.63) is 19.0 Å². The maximum Gasteiger partial charge on any atom is 0.573 e. The number of rotatable bonds is 1. The van der Waals surface area contributed by atoms with Crippen molar-refractivity contribution in [3.63, 3.8) is 0 Å². The van der Waals surface area contributed by atoms with E-state index in [1.54, 1.807) is 28.7 Å². The number of nitrogens with zero attached hydrogens (tertiary/aromatic N) is 2. The van der Waals surface area contributed by atoms with Gasteiger partial charge >= 0.3 is 6.36 Å². The third-order valence-electron chi connectivity index (χ3n) is 1.28. The number of halogens is 5. The van der Waals surface area contributed by atoms with E-state index in [9.17, 15) is 13.2 Å². The average molecular weight is 440 g/mol. The van der Waals surface area contributed by atoms with Crippen LogP contribution in [0, 0.1) is 18.6 Å². The van der Waals surface area contributed by atoms with Gasteiger partial charge in [-0.25, -0.2) is 4.98 Å². The topological polar surface area (TPSA) is 45.9 Å². The molecule has 0 saturated carbocycles. The smallest absolute Gasteiger partial charge is 0.403 e. The molecule has 0 atom stereocenters. The van der Waals surface area contributed by atoms with Crippen LogP contribution in [0.2, 0.25) is 0 Å². The lowest BCUT2D eigenvalue weighted by molar-refractivity contribution is -0.274. The van der Waals surface area contributed by atoms with E-state index in [-0.39, 0.29) is 5.56 Å². The predicted molar refractivity (Wildman–Crippen MR) is 61.1 cm³/mol. The maximum absolute atomic E-state index is 11.9. The Kier molecular flexibility index (Phi) is 3.99. The molecule has 0 aliphatic carbocycles. The maximum atomic E-state index is 11.9. The van der Waals surface area contributed by atoms with Crippen LogP contribution in [0.3, 0.4) is 0 Å². The lowest BCUT2D eigenvalue weighted by atomic mass is 10.3. The molecule has 8 heteroatoms. The molecule has 3 nitrogen and oxygen atoms in total. The summed E-state index contributed by atoms with van der Waals surface area (Å²) in [6, 6.07) is 1.65. The first-order valence-corrected chi connectivity index (χ1v) is 5.50. The summed E-state index contributed by atoms with van der Waals surface area (Å²) >= 11 is 3.56. The van der Waals surface area contributed by atoms with Crippen molar-refractivity contribution < 1.29 is 17.9 Å². The van der Waals surface area contributed by atoms with Gasteiger partial charge in [0.1, 0.15) is 15.3 Å². The summed E-state index contributed by atoms with van der Waals surface area (Å²) in [6.45, 7) is 0. The van der Waals surface area contributed by atoms with Crippen LogP contribution < -0.4 is 4.74 Å². The first-order valence-electron chi connectivity index (χ1n) is 3.35. The van der Waals surface area contributed by atoms with E-state index in [1.807, 2.05) is 22.6 Å². The van der Waals surface area contributed by atoms with Crippen LogP contribution in [0.4, 0.5) is 13.2 Å². The Hall–Kier alpha value is -0.310. The Balaban J connectivity index is 3.21. The van der Waals surface area contributed by atoms with Gasteiger partial charge < -0.3 is 4.74 Å². The van der Waals surface area contributed by atoms with E-state index in [0.717, 1.165) is 6.20 Å². The summed E-state index contributed by atoms with van der Waals surface area (Å²) in [7, 11) is 0. The highest BCUT2D eigenvalue weighted by molar-refractivity contribution is 14.1. The highest BCUT2D eigenvalue weighted by atomic mass is 127. The zero-order chi connectivity index (χ0) is 11.6. The normalized spacial score (nSPS) is 10.9. The highest BCUT2D eigenvalue weighted by Crippen LogP contribution is 2.29. The van der Waals surface area contributed by atoms with Crippen LogP contribution in [-0.2, 0) is 0 Å². The van der Waals surface area contributed by atoms with Crippen molar-refractivity contribution in [1.82, 2.24) is 4.98 Å². The second kappa shape index (κ2) is 4.69. The van der Waals surface area contributed by atoms with Gasteiger partial charge in [-0.3, -0.25) is 0 Å². The summed E-state index contributed by atoms with van der Waals surface area (Å²) in [5.74, 6) is -0.574. The summed E-state index contributed by atoms with van der Waals surface area (Å²) in [5.41, 5.74) is -0.160. The molecule has 0 saturated heterocycles. The first kappa shape index (κ1) is 12.8. The van der Waals surface area contributed by atoms with Crippen LogP contribution in [-0.4, -0.2) is 11.3 Å². The number of hydrogen-bond donors (Lipinski definition) is 0. The summed E-state index contributed by atoms with van der Waals surface area (Å²) in [4.78, 5) is 3.67. The van der Waals surface area contributed by atoms with Gasteiger partial charge in [0.2, 0.25) is 0 Å². The zero-order valence-electron chi connectivity index (χ0n) is 6.77. The molecule has 0 radical (unpaired) electrons. The second-order valence-corrected chi connectivity index (χ2v) is 4.36. The summed E-state index contributed by atoms with van der Waals surface area (Å²) < 4.78 is 40.2. The van der Waals surface area contributed by atoms with Gasteiger partial charge in [0, 0.05) is 0 Å². The molecule has 0 unspecified atom stereocenters. The molecule has 0 fully saturated rings. The highest BCUT2D eigenvalue weighted by Gasteiger charge is 2.33. The third-order valence-corrected chi connectivity index (χ3v) is 4.18. The van der Waals surface area contributed by atoms with E-state index < -0.39 is 12.1 Å². The third kappa shape index (κ3) is 3.33. The van der Waals surface area contributed by atoms with Gasteiger partial charge in [0.05, 0.1) is 9.77 Å². The van der Waals surface area contributed by atoms with Gasteiger partial charge in [-0.1, -0.05) is 0 Å². The SMILES string of the molecule is N#Cc1c(OC(F)(F)F)cnc(I)c1I. The zero-order valence-corrected chi connectivity index (χ0v) is 11.1. The first-order chi connectivity index (χ1) is 6.85. The molecule has 1 aromatic heterocycles. The standard InChI is InChI=1S/C7HF3I2N2O/c8-7(9,10)15-4-2-14-6(12)5(11)3(4)1-13/h2H. The molecular weight excluding hydrogens is 439 g/mol. The van der Waals surface area contributed by atoms with Crippen LogP contribution >= 0.6 is 45.2 Å². The molecule has 0 amide bonds. The molecule has 1 heterocycles. The van der Waals surface area contributed by atoms with E-state index in [2.05, 4.69) is 9.72 Å². The van der Waals surface area contributed by atoms with E-state index in [4.69, 9.17) is 5.26 Å². The average Bonchev–Trinajstić information content (AvgIpc) is 2.10. The fraction of sp³-hybridized carbons (Fsp3) is 0.143. The van der Waals surface area contributed by atoms with E-state index in [0.29, 0.717) is 7.27 Å². The molecule has 80 valence electrons. The molecule has 0 spiro atoms. The number of alkyl halides is 3. The minimum atomic E-state index is -4.82. The molecule has 15 heavy (non-hydrogen) atoms. The molecule has 0 aromatic carbocycles. The fourth-order valence-corrected chi connectivity index (χ4v) is 1.69. The number of aromatic nitrogens is 1. The van der Waals surface area contributed by atoms with Gasteiger partial charge in [-0.05, 0) is 45.2 Å². The van der Waals surface area contributed by atoms with Gasteiger partial charge in [0.25, 0.3) is 0 Å². The lowest BCUT2D eigenvalue weighted by Crippen LogP contribution is -2.18. The fourth-order valence-electron chi connectivity index (χ4n) is 0.754. The monoisotopic (exact) mass is 440 g/mol. The van der Waals surface area contributed by atoms with Crippen LogP contribution in [0.1, 0.15) is 5.56 Å². The van der Waals surface area contributed by atoms with Crippen LogP contribution in [0.15, 0.2) is 6.20 Å². The molecule has 0 bridgehead atoms. The van der Waals surface area contributed by atoms with Crippen LogP contribution in [0.25, 0.3) is 0 Å². The van der Waals surface area contributed by atoms with Crippen molar-refractivity contribution in [2.75, 3.05) is 0 Å². The number of nitriles is 1.